The first kappa shape index (κ1) is 14.9. The number of aryl methyl sites for hydroxylation is 1. The van der Waals surface area contributed by atoms with Crippen LogP contribution in [0.25, 0.3) is 0 Å². The monoisotopic (exact) mass is 284 g/mol. The Balaban J connectivity index is 2.17. The van der Waals surface area contributed by atoms with Gasteiger partial charge in [0.25, 0.3) is 0 Å². The van der Waals surface area contributed by atoms with E-state index in [0.29, 0.717) is 11.3 Å². The second-order valence-corrected chi connectivity index (χ2v) is 5.11. The average molecular weight is 284 g/mol. The topological polar surface area (TPSA) is 55.6 Å². The fraction of sp³-hybridized carbons (Fsp3) is 0.235. The number of methoxy groups -OCH3 is 1. The Hall–Kier alpha value is -2.49. The van der Waals surface area contributed by atoms with E-state index in [4.69, 9.17) is 10.5 Å². The molecule has 21 heavy (non-hydrogen) atoms. The zero-order valence-corrected chi connectivity index (χ0v) is 12.6. The molecule has 2 aromatic carbocycles. The molecule has 4 nitrogen and oxygen atoms in total. The minimum atomic E-state index is -0.380. The number of rotatable bonds is 4. The fourth-order valence-corrected chi connectivity index (χ4v) is 2.20. The van der Waals surface area contributed by atoms with E-state index in [2.05, 4.69) is 36.1 Å². The van der Waals surface area contributed by atoms with Gasteiger partial charge in [-0.1, -0.05) is 29.8 Å². The SMILES string of the molecule is COC(=O)c1ccc(N(C)Cc2ccc(C)cc2)c(N)c1. The third-order valence-electron chi connectivity index (χ3n) is 3.40. The molecule has 4 heteroatoms. The van der Waals surface area contributed by atoms with Crippen molar-refractivity contribution in [2.24, 2.45) is 0 Å². The maximum atomic E-state index is 11.5. The third-order valence-corrected chi connectivity index (χ3v) is 3.40. The van der Waals surface area contributed by atoms with E-state index in [9.17, 15) is 4.79 Å². The van der Waals surface area contributed by atoms with Gasteiger partial charge in [-0.05, 0) is 30.7 Å². The number of nitrogen functional groups attached to an aromatic ring is 1. The Morgan fingerprint density at radius 1 is 1.19 bits per heavy atom. The van der Waals surface area contributed by atoms with Crippen LogP contribution >= 0.6 is 0 Å². The normalized spacial score (nSPS) is 10.2. The van der Waals surface area contributed by atoms with Gasteiger partial charge in [0.2, 0.25) is 0 Å². The van der Waals surface area contributed by atoms with Crippen LogP contribution in [0, 0.1) is 6.92 Å². The Morgan fingerprint density at radius 3 is 2.43 bits per heavy atom. The molecule has 0 amide bonds. The van der Waals surface area contributed by atoms with E-state index in [1.54, 1.807) is 12.1 Å². The van der Waals surface area contributed by atoms with Crippen LogP contribution in [0.3, 0.4) is 0 Å². The number of hydrogen-bond acceptors (Lipinski definition) is 4. The van der Waals surface area contributed by atoms with Crippen LogP contribution < -0.4 is 10.6 Å². The summed E-state index contributed by atoms with van der Waals surface area (Å²) in [4.78, 5) is 13.5. The van der Waals surface area contributed by atoms with Gasteiger partial charge >= 0.3 is 5.97 Å². The fourth-order valence-electron chi connectivity index (χ4n) is 2.20. The predicted molar refractivity (Wildman–Crippen MR) is 85.5 cm³/mol. The number of esters is 1. The molecule has 2 aromatic rings. The molecule has 0 saturated heterocycles. The summed E-state index contributed by atoms with van der Waals surface area (Å²) in [6, 6.07) is 13.6. The summed E-state index contributed by atoms with van der Waals surface area (Å²) in [5.41, 5.74) is 10.4. The Kier molecular flexibility index (Phi) is 4.48. The molecule has 110 valence electrons. The van der Waals surface area contributed by atoms with Gasteiger partial charge in [-0.25, -0.2) is 4.79 Å². The number of anilines is 2. The minimum absolute atomic E-state index is 0.380. The molecule has 0 aliphatic carbocycles. The van der Waals surface area contributed by atoms with Crippen molar-refractivity contribution in [2.45, 2.75) is 13.5 Å². The van der Waals surface area contributed by atoms with Crippen molar-refractivity contribution >= 4 is 17.3 Å². The van der Waals surface area contributed by atoms with Crippen LogP contribution in [0.4, 0.5) is 11.4 Å². The van der Waals surface area contributed by atoms with Gasteiger partial charge in [-0.15, -0.1) is 0 Å². The van der Waals surface area contributed by atoms with E-state index in [0.717, 1.165) is 12.2 Å². The van der Waals surface area contributed by atoms with E-state index in [-0.39, 0.29) is 5.97 Å². The van der Waals surface area contributed by atoms with Crippen LogP contribution in [-0.4, -0.2) is 20.1 Å². The maximum Gasteiger partial charge on any atom is 0.337 e. The molecule has 0 radical (unpaired) electrons. The lowest BCUT2D eigenvalue weighted by atomic mass is 10.1. The Labute approximate surface area is 125 Å². The largest absolute Gasteiger partial charge is 0.465 e. The molecule has 0 atom stereocenters. The van der Waals surface area contributed by atoms with Crippen LogP contribution in [0.1, 0.15) is 21.5 Å². The van der Waals surface area contributed by atoms with Crippen molar-refractivity contribution < 1.29 is 9.53 Å². The summed E-state index contributed by atoms with van der Waals surface area (Å²) >= 11 is 0. The van der Waals surface area contributed by atoms with Crippen molar-refractivity contribution in [3.05, 3.63) is 59.2 Å². The standard InChI is InChI=1S/C17H20N2O2/c1-12-4-6-13(7-5-12)11-19(2)16-9-8-14(10-15(16)18)17(20)21-3/h4-10H,11,18H2,1-3H3. The zero-order valence-electron chi connectivity index (χ0n) is 12.6. The lowest BCUT2D eigenvalue weighted by molar-refractivity contribution is 0.0601. The van der Waals surface area contributed by atoms with Gasteiger partial charge in [0, 0.05) is 13.6 Å². The highest BCUT2D eigenvalue weighted by atomic mass is 16.5. The van der Waals surface area contributed by atoms with Gasteiger partial charge in [0.1, 0.15) is 0 Å². The van der Waals surface area contributed by atoms with E-state index in [1.165, 1.54) is 18.2 Å². The lowest BCUT2D eigenvalue weighted by Crippen LogP contribution is -2.18. The van der Waals surface area contributed by atoms with Crippen LogP contribution in [-0.2, 0) is 11.3 Å². The summed E-state index contributed by atoms with van der Waals surface area (Å²) < 4.78 is 4.69. The molecule has 0 unspecified atom stereocenters. The molecule has 0 spiro atoms. The van der Waals surface area contributed by atoms with E-state index in [1.807, 2.05) is 13.1 Å². The van der Waals surface area contributed by atoms with Crippen LogP contribution in [0.2, 0.25) is 0 Å². The van der Waals surface area contributed by atoms with Crippen molar-refractivity contribution in [1.82, 2.24) is 0 Å². The quantitative estimate of drug-likeness (QED) is 0.692. The highest BCUT2D eigenvalue weighted by molar-refractivity contribution is 5.91. The highest BCUT2D eigenvalue weighted by Crippen LogP contribution is 2.25. The van der Waals surface area contributed by atoms with Gasteiger partial charge < -0.3 is 15.4 Å². The molecular weight excluding hydrogens is 264 g/mol. The molecular formula is C17H20N2O2. The van der Waals surface area contributed by atoms with Crippen LogP contribution in [0.5, 0.6) is 0 Å². The number of ether oxygens (including phenoxy) is 1. The van der Waals surface area contributed by atoms with Gasteiger partial charge in [-0.2, -0.15) is 0 Å². The first-order valence-corrected chi connectivity index (χ1v) is 6.76. The Bertz CT molecular complexity index is 636. The summed E-state index contributed by atoms with van der Waals surface area (Å²) in [7, 11) is 3.33. The van der Waals surface area contributed by atoms with Crippen molar-refractivity contribution in [3.8, 4) is 0 Å². The lowest BCUT2D eigenvalue weighted by Gasteiger charge is -2.21. The summed E-state index contributed by atoms with van der Waals surface area (Å²) in [5, 5.41) is 0. The highest BCUT2D eigenvalue weighted by Gasteiger charge is 2.11. The molecule has 2 N–H and O–H groups in total. The number of carbonyl (C=O) groups is 1. The zero-order chi connectivity index (χ0) is 15.4. The van der Waals surface area contributed by atoms with Crippen LogP contribution in [0.15, 0.2) is 42.5 Å². The third kappa shape index (κ3) is 3.54. The number of carbonyl (C=O) groups excluding carboxylic acids is 1. The molecule has 0 aliphatic heterocycles. The molecule has 2 rings (SSSR count). The average Bonchev–Trinajstić information content (AvgIpc) is 2.48. The predicted octanol–water partition coefficient (Wildman–Crippen LogP) is 3.00. The van der Waals surface area contributed by atoms with E-state index >= 15 is 0 Å². The van der Waals surface area contributed by atoms with Gasteiger partial charge in [0.15, 0.2) is 0 Å². The molecule has 0 heterocycles. The number of hydrogen-bond donors (Lipinski definition) is 1. The molecule has 0 bridgehead atoms. The summed E-state index contributed by atoms with van der Waals surface area (Å²) in [6.45, 7) is 2.82. The van der Waals surface area contributed by atoms with Gasteiger partial charge in [0.05, 0.1) is 24.0 Å². The minimum Gasteiger partial charge on any atom is -0.465 e. The first-order valence-electron chi connectivity index (χ1n) is 6.76. The summed E-state index contributed by atoms with van der Waals surface area (Å²) in [6.07, 6.45) is 0. The molecule has 0 aliphatic rings. The molecule has 0 saturated carbocycles. The van der Waals surface area contributed by atoms with Gasteiger partial charge in [-0.3, -0.25) is 0 Å². The number of benzene rings is 2. The molecule has 0 aromatic heterocycles. The number of nitrogens with zero attached hydrogens (tertiary/aromatic N) is 1. The molecule has 0 fully saturated rings. The second-order valence-electron chi connectivity index (χ2n) is 5.11. The maximum absolute atomic E-state index is 11.5. The van der Waals surface area contributed by atoms with Crippen molar-refractivity contribution in [1.29, 1.82) is 0 Å². The summed E-state index contributed by atoms with van der Waals surface area (Å²) in [5.74, 6) is -0.380. The van der Waals surface area contributed by atoms with Crippen molar-refractivity contribution in [3.63, 3.8) is 0 Å². The number of nitrogens with two attached hydrogens (primary N) is 1. The van der Waals surface area contributed by atoms with Crippen molar-refractivity contribution in [2.75, 3.05) is 24.8 Å². The Morgan fingerprint density at radius 2 is 1.86 bits per heavy atom. The van der Waals surface area contributed by atoms with E-state index < -0.39 is 0 Å². The first-order chi connectivity index (χ1) is 10.0. The second kappa shape index (κ2) is 6.31. The smallest absolute Gasteiger partial charge is 0.337 e.